The molecule has 0 aliphatic rings. The summed E-state index contributed by atoms with van der Waals surface area (Å²) in [7, 11) is 0. The van der Waals surface area contributed by atoms with E-state index in [1.165, 1.54) is 34.8 Å². The van der Waals surface area contributed by atoms with Crippen LogP contribution in [0.5, 0.6) is 0 Å². The van der Waals surface area contributed by atoms with Gasteiger partial charge in [0.15, 0.2) is 0 Å². The molecule has 3 rings (SSSR count). The quantitative estimate of drug-likeness (QED) is 0.713. The first kappa shape index (κ1) is 16.0. The van der Waals surface area contributed by atoms with Crippen LogP contribution in [0.15, 0.2) is 41.8 Å². The van der Waals surface area contributed by atoms with Crippen LogP contribution in [0.4, 0.5) is 9.52 Å². The highest BCUT2D eigenvalue weighted by molar-refractivity contribution is 7.15. The number of nitrogens with zero attached hydrogens (tertiary/aromatic N) is 2. The van der Waals surface area contributed by atoms with Crippen molar-refractivity contribution < 1.29 is 9.50 Å². The molecule has 7 heteroatoms. The van der Waals surface area contributed by atoms with E-state index in [4.69, 9.17) is 0 Å². The Morgan fingerprint density at radius 1 is 1.22 bits per heavy atom. The first-order valence-electron chi connectivity index (χ1n) is 7.10. The summed E-state index contributed by atoms with van der Waals surface area (Å²) in [5.74, 6) is -0.246. The van der Waals surface area contributed by atoms with Crippen molar-refractivity contribution in [1.82, 2.24) is 10.2 Å². The normalized spacial score (nSPS) is 13.7. The van der Waals surface area contributed by atoms with Gasteiger partial charge in [-0.05, 0) is 36.1 Å². The van der Waals surface area contributed by atoms with E-state index in [1.807, 2.05) is 17.5 Å². The van der Waals surface area contributed by atoms with Gasteiger partial charge in [-0.15, -0.1) is 21.5 Å². The molecule has 0 radical (unpaired) electrons. The predicted octanol–water partition coefficient (Wildman–Crippen LogP) is 3.65. The number of hydrogen-bond acceptors (Lipinski definition) is 6. The molecule has 0 saturated heterocycles. The zero-order valence-electron chi connectivity index (χ0n) is 12.5. The third-order valence-electron chi connectivity index (χ3n) is 3.37. The van der Waals surface area contributed by atoms with E-state index in [9.17, 15) is 9.50 Å². The molecule has 23 heavy (non-hydrogen) atoms. The van der Waals surface area contributed by atoms with Crippen molar-refractivity contribution >= 4 is 27.8 Å². The van der Waals surface area contributed by atoms with Gasteiger partial charge in [0.25, 0.3) is 0 Å². The van der Waals surface area contributed by atoms with E-state index < -0.39 is 5.60 Å². The molecule has 1 aromatic carbocycles. The minimum absolute atomic E-state index is 0.246. The number of benzene rings is 1. The molecule has 0 aliphatic carbocycles. The summed E-state index contributed by atoms with van der Waals surface area (Å²) < 4.78 is 12.9. The Hall–Kier alpha value is -1.83. The van der Waals surface area contributed by atoms with Crippen molar-refractivity contribution in [2.75, 3.05) is 11.9 Å². The van der Waals surface area contributed by atoms with Gasteiger partial charge in [-0.1, -0.05) is 29.5 Å². The zero-order valence-corrected chi connectivity index (χ0v) is 14.1. The third-order valence-corrected chi connectivity index (χ3v) is 5.38. The molecule has 1 unspecified atom stereocenters. The average Bonchev–Trinajstić information content (AvgIpc) is 3.19. The monoisotopic (exact) mass is 349 g/mol. The maximum Gasteiger partial charge on any atom is 0.205 e. The topological polar surface area (TPSA) is 58.0 Å². The molecule has 0 spiro atoms. The number of anilines is 1. The summed E-state index contributed by atoms with van der Waals surface area (Å²) in [6.45, 7) is 2.13. The Kier molecular flexibility index (Phi) is 4.70. The van der Waals surface area contributed by atoms with Crippen molar-refractivity contribution in [2.24, 2.45) is 0 Å². The molecule has 3 aromatic rings. The van der Waals surface area contributed by atoms with Gasteiger partial charge in [0.2, 0.25) is 5.13 Å². The Morgan fingerprint density at radius 3 is 2.70 bits per heavy atom. The Bertz CT molecular complexity index is 754. The number of hydrogen-bond donors (Lipinski definition) is 2. The summed E-state index contributed by atoms with van der Waals surface area (Å²) in [6, 6.07) is 10.2. The highest BCUT2D eigenvalue weighted by Gasteiger charge is 2.24. The summed E-state index contributed by atoms with van der Waals surface area (Å²) in [5, 5.41) is 25.3. The zero-order chi connectivity index (χ0) is 16.3. The van der Waals surface area contributed by atoms with Crippen LogP contribution in [0.1, 0.15) is 22.4 Å². The first-order valence-corrected chi connectivity index (χ1v) is 8.79. The highest BCUT2D eigenvalue weighted by Crippen LogP contribution is 2.26. The maximum atomic E-state index is 12.9. The molecule has 2 heterocycles. The molecule has 0 saturated carbocycles. The van der Waals surface area contributed by atoms with E-state index in [0.717, 1.165) is 15.4 Å². The number of aromatic nitrogens is 2. The van der Waals surface area contributed by atoms with Crippen LogP contribution in [-0.4, -0.2) is 21.8 Å². The fraction of sp³-hybridized carbons (Fsp3) is 0.250. The van der Waals surface area contributed by atoms with Gasteiger partial charge >= 0.3 is 0 Å². The lowest BCUT2D eigenvalue weighted by Crippen LogP contribution is -2.29. The van der Waals surface area contributed by atoms with Crippen LogP contribution in [0, 0.1) is 5.82 Å². The number of halogens is 1. The van der Waals surface area contributed by atoms with Crippen LogP contribution in [0.3, 0.4) is 0 Å². The summed E-state index contributed by atoms with van der Waals surface area (Å²) in [5.41, 5.74) is 0.0384. The molecule has 4 nitrogen and oxygen atoms in total. The van der Waals surface area contributed by atoms with Crippen LogP contribution in [-0.2, 0) is 12.0 Å². The predicted molar refractivity (Wildman–Crippen MR) is 91.5 cm³/mol. The van der Waals surface area contributed by atoms with Crippen LogP contribution < -0.4 is 5.32 Å². The van der Waals surface area contributed by atoms with Crippen LogP contribution in [0.25, 0.3) is 0 Å². The van der Waals surface area contributed by atoms with E-state index >= 15 is 0 Å². The Balaban J connectivity index is 1.60. The summed E-state index contributed by atoms with van der Waals surface area (Å²) >= 11 is 2.95. The molecule has 2 aromatic heterocycles. The smallest absolute Gasteiger partial charge is 0.205 e. The van der Waals surface area contributed by atoms with Gasteiger partial charge in [-0.3, -0.25) is 0 Å². The molecular formula is C16H16FN3OS2. The lowest BCUT2D eigenvalue weighted by molar-refractivity contribution is 0.0754. The lowest BCUT2D eigenvalue weighted by Gasteiger charge is -2.21. The average molecular weight is 349 g/mol. The minimum atomic E-state index is -0.947. The van der Waals surface area contributed by atoms with Gasteiger partial charge in [0.1, 0.15) is 16.4 Å². The standard InChI is InChI=1S/C16H16FN3OS2/c1-16(21,13-3-2-8-22-13)10-18-15-20-19-14(23-15)9-11-4-6-12(17)7-5-11/h2-8,21H,9-10H2,1H3,(H,18,20). The van der Waals surface area contributed by atoms with Gasteiger partial charge in [0.05, 0.1) is 6.54 Å². The fourth-order valence-corrected chi connectivity index (χ4v) is 3.65. The van der Waals surface area contributed by atoms with Crippen molar-refractivity contribution in [1.29, 1.82) is 0 Å². The maximum absolute atomic E-state index is 12.9. The summed E-state index contributed by atoms with van der Waals surface area (Å²) in [6.07, 6.45) is 0.612. The second-order valence-electron chi connectivity index (χ2n) is 5.41. The second kappa shape index (κ2) is 6.74. The molecule has 0 fully saturated rings. The largest absolute Gasteiger partial charge is 0.383 e. The van der Waals surface area contributed by atoms with Gasteiger partial charge < -0.3 is 10.4 Å². The Labute approximate surface area is 141 Å². The SMILES string of the molecule is CC(O)(CNc1nnc(Cc2ccc(F)cc2)s1)c1cccs1. The number of nitrogens with one attached hydrogen (secondary N) is 1. The molecule has 0 amide bonds. The van der Waals surface area contributed by atoms with E-state index in [1.54, 1.807) is 19.1 Å². The van der Waals surface area contributed by atoms with Crippen molar-refractivity contribution in [3.05, 3.63) is 63.0 Å². The first-order chi connectivity index (χ1) is 11.0. The van der Waals surface area contributed by atoms with E-state index in [-0.39, 0.29) is 5.82 Å². The van der Waals surface area contributed by atoms with Gasteiger partial charge in [-0.2, -0.15) is 0 Å². The molecule has 0 bridgehead atoms. The number of thiophene rings is 1. The van der Waals surface area contributed by atoms with Crippen molar-refractivity contribution in [3.8, 4) is 0 Å². The minimum Gasteiger partial charge on any atom is -0.383 e. The van der Waals surface area contributed by atoms with Crippen molar-refractivity contribution in [2.45, 2.75) is 18.9 Å². The van der Waals surface area contributed by atoms with Crippen LogP contribution in [0.2, 0.25) is 0 Å². The van der Waals surface area contributed by atoms with Crippen molar-refractivity contribution in [3.63, 3.8) is 0 Å². The highest BCUT2D eigenvalue weighted by atomic mass is 32.1. The molecule has 1 atom stereocenters. The third kappa shape index (κ3) is 4.13. The molecule has 120 valence electrons. The number of rotatable bonds is 6. The van der Waals surface area contributed by atoms with E-state index in [0.29, 0.717) is 18.1 Å². The molecular weight excluding hydrogens is 333 g/mol. The van der Waals surface area contributed by atoms with Gasteiger partial charge in [0, 0.05) is 11.3 Å². The molecule has 0 aliphatic heterocycles. The van der Waals surface area contributed by atoms with E-state index in [2.05, 4.69) is 15.5 Å². The second-order valence-corrected chi connectivity index (χ2v) is 7.42. The van der Waals surface area contributed by atoms with Gasteiger partial charge in [-0.25, -0.2) is 4.39 Å². The lowest BCUT2D eigenvalue weighted by atomic mass is 10.1. The summed E-state index contributed by atoms with van der Waals surface area (Å²) in [4.78, 5) is 0.904. The van der Waals surface area contributed by atoms with Crippen LogP contribution >= 0.6 is 22.7 Å². The number of aliphatic hydroxyl groups is 1. The Morgan fingerprint density at radius 2 is 2.00 bits per heavy atom. The molecule has 2 N–H and O–H groups in total. The fourth-order valence-electron chi connectivity index (χ4n) is 2.09.